The first-order valence-corrected chi connectivity index (χ1v) is 6.85. The average Bonchev–Trinajstić information content (AvgIpc) is 2.43. The van der Waals surface area contributed by atoms with Crippen LogP contribution < -0.4 is 5.73 Å². The number of aliphatic carboxylic acids is 1. The smallest absolute Gasteiger partial charge is 0.307 e. The van der Waals surface area contributed by atoms with Crippen LogP contribution in [0.25, 0.3) is 0 Å². The Hall–Kier alpha value is -1.49. The van der Waals surface area contributed by atoms with Crippen LogP contribution in [-0.2, 0) is 11.2 Å². The molecule has 2 atom stereocenters. The molecule has 3 N–H and O–H groups in total. The van der Waals surface area contributed by atoms with E-state index in [-0.39, 0.29) is 12.5 Å². The monoisotopic (exact) mass is 285 g/mol. The maximum atomic E-state index is 13.5. The zero-order valence-electron chi connectivity index (χ0n) is 11.6. The fourth-order valence-corrected chi connectivity index (χ4v) is 2.29. The van der Waals surface area contributed by atoms with Gasteiger partial charge < -0.3 is 10.8 Å². The van der Waals surface area contributed by atoms with E-state index in [1.165, 1.54) is 6.07 Å². The molecule has 0 radical (unpaired) electrons. The first-order chi connectivity index (χ1) is 9.49. The van der Waals surface area contributed by atoms with Crippen LogP contribution in [0, 0.1) is 23.5 Å². The molecule has 0 spiro atoms. The number of aryl methyl sites for hydroxylation is 1. The van der Waals surface area contributed by atoms with E-state index < -0.39 is 23.5 Å². The molecule has 0 saturated heterocycles. The lowest BCUT2D eigenvalue weighted by atomic mass is 9.88. The van der Waals surface area contributed by atoms with Crippen molar-refractivity contribution in [3.8, 4) is 0 Å². The average molecular weight is 285 g/mol. The number of halogens is 2. The standard InChI is InChI=1S/C15H21F2NO2/c1-2-10(8-12(9-18)15(19)20)6-7-11-4-3-5-13(16)14(11)17/h3-5,10,12H,2,6-9,18H2,1H3,(H,19,20). The zero-order valence-corrected chi connectivity index (χ0v) is 11.6. The normalized spacial score (nSPS) is 14.0. The third-order valence-corrected chi connectivity index (χ3v) is 3.68. The Morgan fingerprint density at radius 2 is 2.10 bits per heavy atom. The van der Waals surface area contributed by atoms with Crippen molar-refractivity contribution < 1.29 is 18.7 Å². The van der Waals surface area contributed by atoms with Crippen LogP contribution in [-0.4, -0.2) is 17.6 Å². The summed E-state index contributed by atoms with van der Waals surface area (Å²) in [6.07, 6.45) is 2.29. The van der Waals surface area contributed by atoms with E-state index >= 15 is 0 Å². The minimum absolute atomic E-state index is 0.0974. The quantitative estimate of drug-likeness (QED) is 0.772. The van der Waals surface area contributed by atoms with Gasteiger partial charge in [-0.3, -0.25) is 4.79 Å². The molecule has 0 aliphatic carbocycles. The van der Waals surface area contributed by atoms with Gasteiger partial charge in [0.15, 0.2) is 11.6 Å². The first-order valence-electron chi connectivity index (χ1n) is 6.85. The van der Waals surface area contributed by atoms with Crippen LogP contribution in [0.15, 0.2) is 18.2 Å². The molecular weight excluding hydrogens is 264 g/mol. The summed E-state index contributed by atoms with van der Waals surface area (Å²) in [6, 6.07) is 4.13. The van der Waals surface area contributed by atoms with Gasteiger partial charge in [0.1, 0.15) is 0 Å². The maximum absolute atomic E-state index is 13.5. The minimum Gasteiger partial charge on any atom is -0.481 e. The molecule has 20 heavy (non-hydrogen) atoms. The van der Waals surface area contributed by atoms with Crippen LogP contribution in [0.5, 0.6) is 0 Å². The Morgan fingerprint density at radius 3 is 2.65 bits per heavy atom. The molecular formula is C15H21F2NO2. The van der Waals surface area contributed by atoms with Gasteiger partial charge in [-0.25, -0.2) is 8.78 Å². The van der Waals surface area contributed by atoms with Gasteiger partial charge in [-0.2, -0.15) is 0 Å². The fraction of sp³-hybridized carbons (Fsp3) is 0.533. The molecule has 0 aliphatic rings. The second-order valence-electron chi connectivity index (χ2n) is 5.03. The zero-order chi connectivity index (χ0) is 15.1. The molecule has 0 aromatic heterocycles. The van der Waals surface area contributed by atoms with E-state index in [4.69, 9.17) is 10.8 Å². The first kappa shape index (κ1) is 16.6. The van der Waals surface area contributed by atoms with E-state index in [0.717, 1.165) is 12.5 Å². The Kier molecular flexibility index (Phi) is 6.58. The third kappa shape index (κ3) is 4.56. The van der Waals surface area contributed by atoms with E-state index in [1.54, 1.807) is 6.07 Å². The maximum Gasteiger partial charge on any atom is 0.307 e. The molecule has 1 aromatic carbocycles. The molecule has 3 nitrogen and oxygen atoms in total. The number of nitrogens with two attached hydrogens (primary N) is 1. The van der Waals surface area contributed by atoms with Crippen molar-refractivity contribution in [2.24, 2.45) is 17.6 Å². The molecule has 0 aliphatic heterocycles. The molecule has 2 unspecified atom stereocenters. The van der Waals surface area contributed by atoms with Gasteiger partial charge in [0, 0.05) is 6.54 Å². The van der Waals surface area contributed by atoms with Gasteiger partial charge in [0.2, 0.25) is 0 Å². The van der Waals surface area contributed by atoms with E-state index in [2.05, 4.69) is 0 Å². The highest BCUT2D eigenvalue weighted by atomic mass is 19.2. The van der Waals surface area contributed by atoms with Crippen molar-refractivity contribution in [1.29, 1.82) is 0 Å². The van der Waals surface area contributed by atoms with Crippen molar-refractivity contribution in [2.45, 2.75) is 32.6 Å². The van der Waals surface area contributed by atoms with Gasteiger partial charge in [-0.1, -0.05) is 25.5 Å². The summed E-state index contributed by atoms with van der Waals surface area (Å²) in [4.78, 5) is 11.0. The van der Waals surface area contributed by atoms with Crippen molar-refractivity contribution in [3.63, 3.8) is 0 Å². The van der Waals surface area contributed by atoms with Crippen LogP contribution >= 0.6 is 0 Å². The van der Waals surface area contributed by atoms with Gasteiger partial charge in [-0.05, 0) is 36.8 Å². The topological polar surface area (TPSA) is 63.3 Å². The number of carboxylic acid groups (broad SMARTS) is 1. The predicted octanol–water partition coefficient (Wildman–Crippen LogP) is 2.97. The van der Waals surface area contributed by atoms with Crippen molar-refractivity contribution in [3.05, 3.63) is 35.4 Å². The molecule has 0 saturated carbocycles. The Morgan fingerprint density at radius 1 is 1.40 bits per heavy atom. The largest absolute Gasteiger partial charge is 0.481 e. The number of carbonyl (C=O) groups is 1. The Labute approximate surface area is 117 Å². The summed E-state index contributed by atoms with van der Waals surface area (Å²) in [5.74, 6) is -2.99. The summed E-state index contributed by atoms with van der Waals surface area (Å²) in [5.41, 5.74) is 5.77. The van der Waals surface area contributed by atoms with Crippen LogP contribution in [0.2, 0.25) is 0 Å². The van der Waals surface area contributed by atoms with Crippen molar-refractivity contribution in [2.75, 3.05) is 6.54 Å². The highest BCUT2D eigenvalue weighted by Gasteiger charge is 2.20. The number of hydrogen-bond acceptors (Lipinski definition) is 2. The second kappa shape index (κ2) is 7.94. The molecule has 0 bridgehead atoms. The molecule has 0 amide bonds. The van der Waals surface area contributed by atoms with Gasteiger partial charge in [-0.15, -0.1) is 0 Å². The number of rotatable bonds is 8. The minimum atomic E-state index is -0.900. The number of carboxylic acids is 1. The molecule has 112 valence electrons. The van der Waals surface area contributed by atoms with Gasteiger partial charge in [0.05, 0.1) is 5.92 Å². The molecule has 1 aromatic rings. The number of benzene rings is 1. The lowest BCUT2D eigenvalue weighted by Crippen LogP contribution is -2.26. The van der Waals surface area contributed by atoms with Crippen LogP contribution in [0.4, 0.5) is 8.78 Å². The van der Waals surface area contributed by atoms with Gasteiger partial charge >= 0.3 is 5.97 Å². The second-order valence-corrected chi connectivity index (χ2v) is 5.03. The summed E-state index contributed by atoms with van der Waals surface area (Å²) >= 11 is 0. The van der Waals surface area contributed by atoms with E-state index in [1.807, 2.05) is 6.92 Å². The predicted molar refractivity (Wildman–Crippen MR) is 73.3 cm³/mol. The Bertz CT molecular complexity index is 451. The summed E-state index contributed by atoms with van der Waals surface area (Å²) in [7, 11) is 0. The summed E-state index contributed by atoms with van der Waals surface area (Å²) < 4.78 is 26.6. The summed E-state index contributed by atoms with van der Waals surface area (Å²) in [5, 5.41) is 8.99. The SMILES string of the molecule is CCC(CCc1cccc(F)c1F)CC(CN)C(=O)O. The third-order valence-electron chi connectivity index (χ3n) is 3.68. The van der Waals surface area contributed by atoms with Gasteiger partial charge in [0.25, 0.3) is 0 Å². The molecule has 0 fully saturated rings. The van der Waals surface area contributed by atoms with Crippen LogP contribution in [0.1, 0.15) is 31.7 Å². The Balaban J connectivity index is 2.61. The lowest BCUT2D eigenvalue weighted by molar-refractivity contribution is -0.142. The highest BCUT2D eigenvalue weighted by molar-refractivity contribution is 5.70. The van der Waals surface area contributed by atoms with Crippen LogP contribution in [0.3, 0.4) is 0 Å². The molecule has 5 heteroatoms. The fourth-order valence-electron chi connectivity index (χ4n) is 2.29. The number of hydrogen-bond donors (Lipinski definition) is 2. The van der Waals surface area contributed by atoms with E-state index in [9.17, 15) is 13.6 Å². The molecule has 0 heterocycles. The van der Waals surface area contributed by atoms with Crippen molar-refractivity contribution in [1.82, 2.24) is 0 Å². The van der Waals surface area contributed by atoms with E-state index in [0.29, 0.717) is 24.8 Å². The lowest BCUT2D eigenvalue weighted by Gasteiger charge is -2.19. The highest BCUT2D eigenvalue weighted by Crippen LogP contribution is 2.23. The summed E-state index contributed by atoms with van der Waals surface area (Å²) in [6.45, 7) is 2.06. The molecule has 1 rings (SSSR count). The van der Waals surface area contributed by atoms with Crippen molar-refractivity contribution >= 4 is 5.97 Å².